The van der Waals surface area contributed by atoms with E-state index in [1.54, 1.807) is 0 Å². The molecule has 4 rings (SSSR count). The molecule has 0 saturated carbocycles. The van der Waals surface area contributed by atoms with Gasteiger partial charge in [0.25, 0.3) is 0 Å². The third kappa shape index (κ3) is 4.05. The van der Waals surface area contributed by atoms with Crippen molar-refractivity contribution in [3.8, 4) is 0 Å². The molecule has 0 aromatic heterocycles. The second kappa shape index (κ2) is 8.50. The molecule has 4 nitrogen and oxygen atoms in total. The van der Waals surface area contributed by atoms with E-state index < -0.39 is 5.54 Å². The number of nitrogens with one attached hydrogen (secondary N) is 1. The van der Waals surface area contributed by atoms with Gasteiger partial charge in [-0.2, -0.15) is 0 Å². The first-order valence-electron chi connectivity index (χ1n) is 10.2. The van der Waals surface area contributed by atoms with Gasteiger partial charge in [0.15, 0.2) is 0 Å². The molecule has 6 heteroatoms. The molecule has 1 aliphatic carbocycles. The number of hydrogen-bond acceptors (Lipinski definition) is 3. The van der Waals surface area contributed by atoms with Crippen molar-refractivity contribution in [3.05, 3.63) is 68.1 Å². The van der Waals surface area contributed by atoms with Crippen LogP contribution in [0.15, 0.2) is 51.4 Å². The van der Waals surface area contributed by atoms with Gasteiger partial charge in [-0.05, 0) is 41.8 Å². The van der Waals surface area contributed by atoms with Crippen molar-refractivity contribution in [2.75, 3.05) is 33.2 Å². The summed E-state index contributed by atoms with van der Waals surface area (Å²) in [6, 6.07) is 14.7. The van der Waals surface area contributed by atoms with Crippen LogP contribution in [0, 0.1) is 0 Å². The second-order valence-corrected chi connectivity index (χ2v) is 10.0. The number of halogens is 2. The molecule has 1 amide bonds. The molecule has 29 heavy (non-hydrogen) atoms. The average Bonchev–Trinajstić information content (AvgIpc) is 3.13. The Kier molecular flexibility index (Phi) is 6.17. The lowest BCUT2D eigenvalue weighted by Crippen LogP contribution is -2.64. The van der Waals surface area contributed by atoms with Gasteiger partial charge < -0.3 is 10.2 Å². The molecule has 1 unspecified atom stereocenters. The van der Waals surface area contributed by atoms with Gasteiger partial charge in [-0.3, -0.25) is 9.69 Å². The van der Waals surface area contributed by atoms with E-state index in [2.05, 4.69) is 85.4 Å². The fraction of sp³-hybridized carbons (Fsp3) is 0.435. The number of carbonyl (C=O) groups is 1. The van der Waals surface area contributed by atoms with Crippen molar-refractivity contribution in [3.63, 3.8) is 0 Å². The highest BCUT2D eigenvalue weighted by atomic mass is 79.9. The zero-order chi connectivity index (χ0) is 20.6. The second-order valence-electron chi connectivity index (χ2n) is 8.19. The first-order chi connectivity index (χ1) is 13.9. The number of likely N-dealkylation sites (N-methyl/N-ethyl adjacent to an activating group) is 1. The van der Waals surface area contributed by atoms with E-state index in [0.717, 1.165) is 53.5 Å². The monoisotopic (exact) mass is 519 g/mol. The van der Waals surface area contributed by atoms with Crippen LogP contribution < -0.4 is 5.32 Å². The van der Waals surface area contributed by atoms with Gasteiger partial charge in [0.1, 0.15) is 5.54 Å². The summed E-state index contributed by atoms with van der Waals surface area (Å²) in [5.74, 6) is 0.221. The lowest BCUT2D eigenvalue weighted by Gasteiger charge is -2.45. The highest BCUT2D eigenvalue weighted by Crippen LogP contribution is 2.38. The van der Waals surface area contributed by atoms with Gasteiger partial charge in [0, 0.05) is 55.0 Å². The van der Waals surface area contributed by atoms with Crippen LogP contribution in [-0.2, 0) is 17.6 Å². The maximum Gasteiger partial charge on any atom is 0.244 e. The maximum absolute atomic E-state index is 14.1. The number of hydrogen-bond donors (Lipinski definition) is 1. The molecule has 0 spiro atoms. The van der Waals surface area contributed by atoms with E-state index in [1.807, 2.05) is 18.0 Å². The summed E-state index contributed by atoms with van der Waals surface area (Å²) in [6.07, 6.45) is 1.59. The minimum Gasteiger partial charge on any atom is -0.337 e. The topological polar surface area (TPSA) is 35.6 Å². The molecule has 1 fully saturated rings. The van der Waals surface area contributed by atoms with Gasteiger partial charge in [-0.25, -0.2) is 0 Å². The Labute approximate surface area is 189 Å². The Morgan fingerprint density at radius 1 is 1.07 bits per heavy atom. The molecule has 2 aliphatic rings. The first kappa shape index (κ1) is 21.0. The fourth-order valence-electron chi connectivity index (χ4n) is 4.74. The highest BCUT2D eigenvalue weighted by molar-refractivity contribution is 9.11. The van der Waals surface area contributed by atoms with Crippen molar-refractivity contribution in [2.45, 2.75) is 31.3 Å². The summed E-state index contributed by atoms with van der Waals surface area (Å²) in [4.78, 5) is 18.4. The molecule has 1 N–H and O–H groups in total. The summed E-state index contributed by atoms with van der Waals surface area (Å²) >= 11 is 7.16. The number of amides is 1. The van der Waals surface area contributed by atoms with E-state index in [1.165, 1.54) is 11.1 Å². The van der Waals surface area contributed by atoms with Gasteiger partial charge in [0.05, 0.1) is 6.04 Å². The number of fused-ring (bicyclic) bond motifs is 1. The molecule has 2 aromatic rings. The van der Waals surface area contributed by atoms with Gasteiger partial charge in [-0.1, -0.05) is 56.1 Å². The van der Waals surface area contributed by atoms with E-state index >= 15 is 0 Å². The van der Waals surface area contributed by atoms with Crippen LogP contribution in [0.3, 0.4) is 0 Å². The lowest BCUT2D eigenvalue weighted by molar-refractivity contribution is -0.145. The Bertz CT molecular complexity index is 865. The molecule has 0 bridgehead atoms. The van der Waals surface area contributed by atoms with Crippen LogP contribution in [0.25, 0.3) is 0 Å². The number of carbonyl (C=O) groups excluding carboxylic acids is 1. The van der Waals surface area contributed by atoms with E-state index in [9.17, 15) is 4.79 Å². The molecule has 0 radical (unpaired) electrons. The molecular weight excluding hydrogens is 494 g/mol. The van der Waals surface area contributed by atoms with Crippen molar-refractivity contribution < 1.29 is 4.79 Å². The smallest absolute Gasteiger partial charge is 0.244 e. The van der Waals surface area contributed by atoms with Crippen molar-refractivity contribution in [1.29, 1.82) is 0 Å². The molecule has 2 aromatic carbocycles. The van der Waals surface area contributed by atoms with Crippen LogP contribution >= 0.6 is 31.9 Å². The highest BCUT2D eigenvalue weighted by Gasteiger charge is 2.50. The first-order valence-corrected chi connectivity index (χ1v) is 11.7. The number of benzene rings is 2. The minimum atomic E-state index is -0.488. The summed E-state index contributed by atoms with van der Waals surface area (Å²) in [6.45, 7) is 5.79. The standard InChI is InChI=1S/C23H27Br2N3O/c1-16(19-11-20(24)13-21(25)12-19)27(2)22(29)23(28-9-7-26-8-10-28)14-17-5-3-4-6-18(17)15-23/h3-6,11-13,16,26H,7-10,14-15H2,1-2H3. The number of rotatable bonds is 4. The fourth-order valence-corrected chi connectivity index (χ4v) is 6.07. The van der Waals surface area contributed by atoms with Crippen LogP contribution in [-0.4, -0.2) is 54.5 Å². The van der Waals surface area contributed by atoms with Crippen LogP contribution in [0.2, 0.25) is 0 Å². The van der Waals surface area contributed by atoms with Crippen molar-refractivity contribution in [2.24, 2.45) is 0 Å². The van der Waals surface area contributed by atoms with Gasteiger partial charge in [0.2, 0.25) is 5.91 Å². The summed E-state index contributed by atoms with van der Waals surface area (Å²) in [5.41, 5.74) is 3.25. The zero-order valence-electron chi connectivity index (χ0n) is 16.9. The Morgan fingerprint density at radius 2 is 1.62 bits per heavy atom. The zero-order valence-corrected chi connectivity index (χ0v) is 20.1. The largest absolute Gasteiger partial charge is 0.337 e. The predicted octanol–water partition coefficient (Wildman–Crippen LogP) is 4.17. The quantitative estimate of drug-likeness (QED) is 0.657. The minimum absolute atomic E-state index is 0.0141. The Morgan fingerprint density at radius 3 is 2.17 bits per heavy atom. The van der Waals surface area contributed by atoms with Gasteiger partial charge in [-0.15, -0.1) is 0 Å². The third-order valence-corrected chi connectivity index (χ3v) is 7.39. The predicted molar refractivity (Wildman–Crippen MR) is 124 cm³/mol. The molecular formula is C23H27Br2N3O. The summed E-state index contributed by atoms with van der Waals surface area (Å²) < 4.78 is 2.03. The van der Waals surface area contributed by atoms with E-state index in [-0.39, 0.29) is 11.9 Å². The lowest BCUT2D eigenvalue weighted by atomic mass is 9.89. The van der Waals surface area contributed by atoms with Crippen LogP contribution in [0.1, 0.15) is 29.7 Å². The van der Waals surface area contributed by atoms with E-state index in [0.29, 0.717) is 0 Å². The maximum atomic E-state index is 14.1. The number of nitrogens with zero attached hydrogens (tertiary/aromatic N) is 2. The molecule has 1 aliphatic heterocycles. The number of piperazine rings is 1. The summed E-state index contributed by atoms with van der Waals surface area (Å²) in [5, 5.41) is 3.43. The van der Waals surface area contributed by atoms with Crippen molar-refractivity contribution in [1.82, 2.24) is 15.1 Å². The summed E-state index contributed by atoms with van der Waals surface area (Å²) in [7, 11) is 1.95. The Balaban J connectivity index is 1.66. The van der Waals surface area contributed by atoms with Crippen LogP contribution in [0.4, 0.5) is 0 Å². The van der Waals surface area contributed by atoms with E-state index in [4.69, 9.17) is 0 Å². The normalized spacial score (nSPS) is 19.6. The Hall–Kier alpha value is -1.21. The average molecular weight is 521 g/mol. The van der Waals surface area contributed by atoms with Crippen LogP contribution in [0.5, 0.6) is 0 Å². The van der Waals surface area contributed by atoms with Gasteiger partial charge >= 0.3 is 0 Å². The molecule has 154 valence electrons. The molecule has 1 atom stereocenters. The molecule has 1 saturated heterocycles. The SMILES string of the molecule is CC(c1cc(Br)cc(Br)c1)N(C)C(=O)C1(N2CCNCC2)Cc2ccccc2C1. The van der Waals surface area contributed by atoms with Crippen molar-refractivity contribution >= 4 is 37.8 Å². The molecule has 1 heterocycles. The third-order valence-electron chi connectivity index (χ3n) is 6.47.